The minimum atomic E-state index is 0. The highest BCUT2D eigenvalue weighted by Gasteiger charge is 2.10. The van der Waals surface area contributed by atoms with Crippen LogP contribution in [0.15, 0.2) is 48.5 Å². The van der Waals surface area contributed by atoms with Crippen LogP contribution in [0.25, 0.3) is 11.0 Å². The number of para-hydroxylation sites is 2. The molecule has 0 radical (unpaired) electrons. The van der Waals surface area contributed by atoms with Gasteiger partial charge in [-0.05, 0) is 37.6 Å². The van der Waals surface area contributed by atoms with E-state index in [1.807, 2.05) is 0 Å². The molecule has 2 aromatic carbocycles. The lowest BCUT2D eigenvalue weighted by Crippen LogP contribution is -2.09. The van der Waals surface area contributed by atoms with E-state index in [2.05, 4.69) is 72.3 Å². The van der Waals surface area contributed by atoms with Crippen molar-refractivity contribution in [1.82, 2.24) is 9.55 Å². The molecule has 0 spiro atoms. The maximum Gasteiger partial charge on any atom is 0.129 e. The Morgan fingerprint density at radius 2 is 1.59 bits per heavy atom. The topological polar surface area (TPSA) is 29.9 Å². The van der Waals surface area contributed by atoms with Gasteiger partial charge in [0.1, 0.15) is 5.82 Å². The highest BCUT2D eigenvalue weighted by Crippen LogP contribution is 2.19. The predicted molar refractivity (Wildman–Crippen MR) is 119 cm³/mol. The molecule has 4 heteroatoms. The zero-order chi connectivity index (χ0) is 18.2. The second-order valence-corrected chi connectivity index (χ2v) is 7.16. The second kappa shape index (κ2) is 11.0. The Morgan fingerprint density at radius 1 is 0.889 bits per heavy atom. The Bertz CT molecular complexity index is 808. The number of rotatable bonds is 10. The number of aromatic nitrogens is 2. The number of anilines is 1. The van der Waals surface area contributed by atoms with E-state index in [1.165, 1.54) is 49.6 Å². The highest BCUT2D eigenvalue weighted by atomic mass is 35.5. The number of benzene rings is 2. The van der Waals surface area contributed by atoms with E-state index in [1.54, 1.807) is 0 Å². The Balaban J connectivity index is 0.00000261. The van der Waals surface area contributed by atoms with Gasteiger partial charge in [0.2, 0.25) is 0 Å². The molecule has 1 aromatic heterocycles. The van der Waals surface area contributed by atoms with Gasteiger partial charge in [-0.15, -0.1) is 12.4 Å². The summed E-state index contributed by atoms with van der Waals surface area (Å²) in [7, 11) is 0. The van der Waals surface area contributed by atoms with Crippen molar-refractivity contribution in [3.8, 4) is 0 Å². The minimum absolute atomic E-state index is 0. The van der Waals surface area contributed by atoms with Crippen LogP contribution in [-0.4, -0.2) is 9.55 Å². The molecular formula is C23H32ClN3. The average Bonchev–Trinajstić information content (AvgIpc) is 3.02. The van der Waals surface area contributed by atoms with Crippen LogP contribution in [0, 0.1) is 6.92 Å². The van der Waals surface area contributed by atoms with Crippen LogP contribution < -0.4 is 5.32 Å². The van der Waals surface area contributed by atoms with Crippen LogP contribution in [0.2, 0.25) is 0 Å². The lowest BCUT2D eigenvalue weighted by atomic mass is 10.1. The van der Waals surface area contributed by atoms with Gasteiger partial charge in [-0.3, -0.25) is 0 Å². The van der Waals surface area contributed by atoms with E-state index < -0.39 is 0 Å². The largest absolute Gasteiger partial charge is 0.378 e. The number of nitrogens with one attached hydrogen (secondary N) is 1. The Labute approximate surface area is 169 Å². The van der Waals surface area contributed by atoms with E-state index in [0.29, 0.717) is 0 Å². The number of hydrogen-bond donors (Lipinski definition) is 1. The molecule has 1 heterocycles. The Hall–Kier alpha value is -2.00. The second-order valence-electron chi connectivity index (χ2n) is 7.16. The molecule has 3 nitrogen and oxygen atoms in total. The monoisotopic (exact) mass is 385 g/mol. The summed E-state index contributed by atoms with van der Waals surface area (Å²) in [6.07, 6.45) is 7.90. The molecule has 0 saturated carbocycles. The molecule has 0 aliphatic heterocycles. The first-order valence-electron chi connectivity index (χ1n) is 10.0. The third-order valence-corrected chi connectivity index (χ3v) is 4.97. The van der Waals surface area contributed by atoms with Crippen molar-refractivity contribution < 1.29 is 0 Å². The normalized spacial score (nSPS) is 10.7. The fourth-order valence-electron chi connectivity index (χ4n) is 3.41. The van der Waals surface area contributed by atoms with Gasteiger partial charge in [0.25, 0.3) is 0 Å². The Morgan fingerprint density at radius 3 is 2.37 bits per heavy atom. The van der Waals surface area contributed by atoms with Crippen molar-refractivity contribution in [2.24, 2.45) is 0 Å². The number of halogens is 1. The van der Waals surface area contributed by atoms with Gasteiger partial charge in [0.15, 0.2) is 0 Å². The van der Waals surface area contributed by atoms with Gasteiger partial charge in [-0.2, -0.15) is 0 Å². The lowest BCUT2D eigenvalue weighted by molar-refractivity contribution is 0.555. The maximum absolute atomic E-state index is 4.87. The summed E-state index contributed by atoms with van der Waals surface area (Å²) in [5.74, 6) is 1.13. The molecule has 0 atom stereocenters. The maximum atomic E-state index is 4.87. The first-order chi connectivity index (χ1) is 12.8. The molecule has 0 saturated heterocycles. The minimum Gasteiger partial charge on any atom is -0.378 e. The highest BCUT2D eigenvalue weighted by molar-refractivity contribution is 5.85. The lowest BCUT2D eigenvalue weighted by Gasteiger charge is -2.11. The van der Waals surface area contributed by atoms with Crippen molar-refractivity contribution >= 4 is 29.1 Å². The quantitative estimate of drug-likeness (QED) is 0.391. The van der Waals surface area contributed by atoms with Gasteiger partial charge in [-0.25, -0.2) is 4.98 Å². The first kappa shape index (κ1) is 21.3. The van der Waals surface area contributed by atoms with Crippen LogP contribution in [0.4, 0.5) is 5.69 Å². The number of imidazole rings is 1. The number of hydrogen-bond acceptors (Lipinski definition) is 2. The van der Waals surface area contributed by atoms with Crippen molar-refractivity contribution in [3.05, 3.63) is 59.9 Å². The fraction of sp³-hybridized carbons (Fsp3) is 0.435. The standard InChI is InChI=1S/C23H31N3.ClH/c1-3-4-5-6-7-10-17-26-22-12-9-8-11-21(22)25-23(26)18-24-20-15-13-19(2)14-16-20;/h8-9,11-16,24H,3-7,10,17-18H2,1-2H3;1H. The molecule has 3 aromatic rings. The summed E-state index contributed by atoms with van der Waals surface area (Å²) in [5, 5.41) is 3.52. The molecule has 0 bridgehead atoms. The predicted octanol–water partition coefficient (Wildman–Crippen LogP) is 6.74. The molecular weight excluding hydrogens is 354 g/mol. The molecule has 0 aliphatic rings. The SMILES string of the molecule is CCCCCCCCn1c(CNc2ccc(C)cc2)nc2ccccc21.Cl. The fourth-order valence-corrected chi connectivity index (χ4v) is 3.41. The summed E-state index contributed by atoms with van der Waals surface area (Å²) >= 11 is 0. The van der Waals surface area contributed by atoms with Crippen molar-refractivity contribution in [2.75, 3.05) is 5.32 Å². The number of fused-ring (bicyclic) bond motifs is 1. The van der Waals surface area contributed by atoms with Gasteiger partial charge in [-0.1, -0.05) is 68.9 Å². The average molecular weight is 386 g/mol. The molecule has 146 valence electrons. The molecule has 0 fully saturated rings. The van der Waals surface area contributed by atoms with Crippen molar-refractivity contribution in [3.63, 3.8) is 0 Å². The smallest absolute Gasteiger partial charge is 0.129 e. The summed E-state index contributed by atoms with van der Waals surface area (Å²) in [4.78, 5) is 4.87. The van der Waals surface area contributed by atoms with Crippen LogP contribution >= 0.6 is 12.4 Å². The summed E-state index contributed by atoms with van der Waals surface area (Å²) in [5.41, 5.74) is 4.78. The zero-order valence-electron chi connectivity index (χ0n) is 16.6. The third-order valence-electron chi connectivity index (χ3n) is 4.97. The summed E-state index contributed by atoms with van der Waals surface area (Å²) in [6, 6.07) is 17.0. The number of unbranched alkanes of at least 4 members (excludes halogenated alkanes) is 5. The first-order valence-corrected chi connectivity index (χ1v) is 10.0. The van der Waals surface area contributed by atoms with Crippen LogP contribution in [0.1, 0.15) is 56.8 Å². The molecule has 27 heavy (non-hydrogen) atoms. The van der Waals surface area contributed by atoms with Crippen LogP contribution in [0.5, 0.6) is 0 Å². The molecule has 1 N–H and O–H groups in total. The summed E-state index contributed by atoms with van der Waals surface area (Å²) in [6.45, 7) is 6.19. The van der Waals surface area contributed by atoms with Crippen molar-refractivity contribution in [2.45, 2.75) is 65.5 Å². The van der Waals surface area contributed by atoms with Gasteiger partial charge >= 0.3 is 0 Å². The molecule has 0 unspecified atom stereocenters. The van der Waals surface area contributed by atoms with Crippen LogP contribution in [-0.2, 0) is 13.1 Å². The van der Waals surface area contributed by atoms with Gasteiger partial charge in [0, 0.05) is 12.2 Å². The molecule has 3 rings (SSSR count). The summed E-state index contributed by atoms with van der Waals surface area (Å²) < 4.78 is 2.40. The number of nitrogens with zero attached hydrogens (tertiary/aromatic N) is 2. The van der Waals surface area contributed by atoms with Gasteiger partial charge in [0.05, 0.1) is 17.6 Å². The van der Waals surface area contributed by atoms with Gasteiger partial charge < -0.3 is 9.88 Å². The molecule has 0 amide bonds. The van der Waals surface area contributed by atoms with E-state index in [4.69, 9.17) is 4.98 Å². The number of aryl methyl sites for hydroxylation is 2. The van der Waals surface area contributed by atoms with E-state index in [-0.39, 0.29) is 12.4 Å². The van der Waals surface area contributed by atoms with Crippen molar-refractivity contribution in [1.29, 1.82) is 0 Å². The van der Waals surface area contributed by atoms with Crippen LogP contribution in [0.3, 0.4) is 0 Å². The van der Waals surface area contributed by atoms with E-state index in [9.17, 15) is 0 Å². The molecule has 0 aliphatic carbocycles. The van der Waals surface area contributed by atoms with E-state index >= 15 is 0 Å². The third kappa shape index (κ3) is 6.00. The van der Waals surface area contributed by atoms with E-state index in [0.717, 1.165) is 30.1 Å². The zero-order valence-corrected chi connectivity index (χ0v) is 17.4. The Kier molecular flexibility index (Phi) is 8.66.